The number of rotatable bonds is 8. The molecular weight excluding hydrogens is 538 g/mol. The maximum Gasteiger partial charge on any atom is 0.277 e. The highest BCUT2D eigenvalue weighted by Crippen LogP contribution is 2.39. The van der Waals surface area contributed by atoms with Gasteiger partial charge < -0.3 is 24.9 Å². The summed E-state index contributed by atoms with van der Waals surface area (Å²) >= 11 is 5.98. The van der Waals surface area contributed by atoms with Gasteiger partial charge in [0.2, 0.25) is 0 Å². The number of nitrogens with zero attached hydrogens (tertiary/aromatic N) is 3. The summed E-state index contributed by atoms with van der Waals surface area (Å²) < 4.78 is 5.54. The van der Waals surface area contributed by atoms with Crippen molar-refractivity contribution in [1.82, 2.24) is 10.3 Å². The van der Waals surface area contributed by atoms with Crippen molar-refractivity contribution in [2.45, 2.75) is 32.2 Å². The lowest BCUT2D eigenvalue weighted by Crippen LogP contribution is -2.47. The van der Waals surface area contributed by atoms with Crippen LogP contribution >= 0.6 is 11.6 Å². The minimum Gasteiger partial charge on any atom is -0.448 e. The highest BCUT2D eigenvalue weighted by Gasteiger charge is 2.30. The van der Waals surface area contributed by atoms with E-state index in [-0.39, 0.29) is 17.5 Å². The minimum atomic E-state index is -0.362. The van der Waals surface area contributed by atoms with Gasteiger partial charge in [-0.05, 0) is 67.3 Å². The number of aryl methyl sites for hydroxylation is 1. The van der Waals surface area contributed by atoms with E-state index in [1.807, 2.05) is 18.2 Å². The Labute approximate surface area is 244 Å². The van der Waals surface area contributed by atoms with Gasteiger partial charge in [0.15, 0.2) is 11.6 Å². The first-order chi connectivity index (χ1) is 19.9. The molecule has 1 aromatic heterocycles. The van der Waals surface area contributed by atoms with Gasteiger partial charge in [-0.3, -0.25) is 9.59 Å². The molecule has 8 nitrogen and oxygen atoms in total. The smallest absolute Gasteiger partial charge is 0.277 e. The number of oxazole rings is 1. The van der Waals surface area contributed by atoms with Crippen LogP contribution in [0.4, 0.5) is 17.1 Å². The molecule has 41 heavy (non-hydrogen) atoms. The molecule has 2 aliphatic rings. The van der Waals surface area contributed by atoms with Crippen LogP contribution in [-0.2, 0) is 6.54 Å². The van der Waals surface area contributed by atoms with Crippen molar-refractivity contribution in [2.24, 2.45) is 0 Å². The second kappa shape index (κ2) is 11.7. The van der Waals surface area contributed by atoms with Crippen LogP contribution in [0.25, 0.3) is 0 Å². The Balaban J connectivity index is 1.21. The number of hydrogen-bond donors (Lipinski definition) is 2. The molecule has 1 saturated carbocycles. The lowest BCUT2D eigenvalue weighted by molar-refractivity contribution is 0.0949. The number of carbonyl (C=O) groups excluding carboxylic acids is 2. The summed E-state index contributed by atoms with van der Waals surface area (Å²) in [7, 11) is 0. The predicted octanol–water partition coefficient (Wildman–Crippen LogP) is 6.02. The van der Waals surface area contributed by atoms with Gasteiger partial charge in [0.05, 0.1) is 11.4 Å². The molecule has 3 aromatic carbocycles. The number of piperazine rings is 1. The normalized spacial score (nSPS) is 15.1. The van der Waals surface area contributed by atoms with Gasteiger partial charge >= 0.3 is 0 Å². The zero-order chi connectivity index (χ0) is 28.3. The predicted molar refractivity (Wildman–Crippen MR) is 161 cm³/mol. The van der Waals surface area contributed by atoms with Crippen LogP contribution in [0, 0.1) is 6.92 Å². The van der Waals surface area contributed by atoms with Gasteiger partial charge in [-0.25, -0.2) is 4.98 Å². The number of carbonyl (C=O) groups is 2. The molecule has 210 valence electrons. The Morgan fingerprint density at radius 1 is 0.927 bits per heavy atom. The Morgan fingerprint density at radius 2 is 1.63 bits per heavy atom. The van der Waals surface area contributed by atoms with E-state index in [9.17, 15) is 9.59 Å². The minimum absolute atomic E-state index is 0.233. The van der Waals surface area contributed by atoms with E-state index in [1.165, 1.54) is 17.5 Å². The molecule has 0 unspecified atom stereocenters. The lowest BCUT2D eigenvalue weighted by Gasteiger charge is -2.38. The van der Waals surface area contributed by atoms with E-state index in [1.54, 1.807) is 24.3 Å². The highest BCUT2D eigenvalue weighted by molar-refractivity contribution is 6.30. The first-order valence-electron chi connectivity index (χ1n) is 13.9. The first-order valence-corrected chi connectivity index (χ1v) is 14.3. The van der Waals surface area contributed by atoms with E-state index in [4.69, 9.17) is 16.0 Å². The molecule has 1 aliphatic heterocycles. The maximum atomic E-state index is 13.2. The molecule has 2 heterocycles. The molecule has 0 atom stereocenters. The van der Waals surface area contributed by atoms with Gasteiger partial charge in [-0.15, -0.1) is 0 Å². The molecule has 1 saturated heterocycles. The van der Waals surface area contributed by atoms with E-state index in [2.05, 4.69) is 56.6 Å². The van der Waals surface area contributed by atoms with Crippen molar-refractivity contribution in [3.63, 3.8) is 0 Å². The Hall–Kier alpha value is -4.30. The van der Waals surface area contributed by atoms with Crippen LogP contribution in [0.2, 0.25) is 5.02 Å². The van der Waals surface area contributed by atoms with E-state index in [0.717, 1.165) is 50.3 Å². The lowest BCUT2D eigenvalue weighted by atomic mass is 10.1. The standard InChI is InChI=1S/C32H32ClN5O3/c1-21-4-2-3-5-28(21)37-14-16-38(17-15-37)29-13-10-24(30(39)34-19-22-6-11-25(33)12-7-22)18-26(29)35-31(40)27-20-41-32(36-27)23-8-9-23/h2-7,10-13,18,20,23H,8-9,14-17,19H2,1H3,(H,34,39)(H,35,40). The number of anilines is 3. The van der Waals surface area contributed by atoms with Crippen molar-refractivity contribution < 1.29 is 14.0 Å². The van der Waals surface area contributed by atoms with Crippen molar-refractivity contribution >= 4 is 40.5 Å². The molecule has 0 spiro atoms. The summed E-state index contributed by atoms with van der Waals surface area (Å²) in [6.07, 6.45) is 3.48. The summed E-state index contributed by atoms with van der Waals surface area (Å²) in [6.45, 7) is 5.73. The van der Waals surface area contributed by atoms with Gasteiger partial charge in [0.25, 0.3) is 11.8 Å². The molecule has 2 amide bonds. The number of benzene rings is 3. The third kappa shape index (κ3) is 6.23. The monoisotopic (exact) mass is 569 g/mol. The summed E-state index contributed by atoms with van der Waals surface area (Å²) in [5.74, 6) is 0.324. The van der Waals surface area contributed by atoms with Crippen molar-refractivity contribution in [3.05, 3.63) is 106 Å². The molecule has 6 rings (SSSR count). The SMILES string of the molecule is Cc1ccccc1N1CCN(c2ccc(C(=O)NCc3ccc(Cl)cc3)cc2NC(=O)c2coc(C3CC3)n2)CC1. The molecule has 1 aliphatic carbocycles. The summed E-state index contributed by atoms with van der Waals surface area (Å²) in [5, 5.41) is 6.61. The number of halogens is 1. The zero-order valence-corrected chi connectivity index (χ0v) is 23.7. The molecule has 2 fully saturated rings. The Morgan fingerprint density at radius 3 is 2.34 bits per heavy atom. The molecule has 0 radical (unpaired) electrons. The maximum absolute atomic E-state index is 13.2. The fraction of sp³-hybridized carbons (Fsp3) is 0.281. The van der Waals surface area contributed by atoms with Crippen molar-refractivity contribution in [1.29, 1.82) is 0 Å². The molecular formula is C32H32ClN5O3. The van der Waals surface area contributed by atoms with E-state index < -0.39 is 0 Å². The molecule has 0 bridgehead atoms. The molecule has 9 heteroatoms. The third-order valence-electron chi connectivity index (χ3n) is 7.63. The number of hydrogen-bond acceptors (Lipinski definition) is 6. The van der Waals surface area contributed by atoms with Gasteiger partial charge in [0.1, 0.15) is 6.26 Å². The zero-order valence-electron chi connectivity index (χ0n) is 22.9. The van der Waals surface area contributed by atoms with Gasteiger partial charge in [-0.1, -0.05) is 41.9 Å². The second-order valence-electron chi connectivity index (χ2n) is 10.6. The Bertz CT molecular complexity index is 1560. The Kier molecular flexibility index (Phi) is 7.65. The van der Waals surface area contributed by atoms with Crippen LogP contribution < -0.4 is 20.4 Å². The van der Waals surface area contributed by atoms with Gasteiger partial charge in [0, 0.05) is 54.9 Å². The third-order valence-corrected chi connectivity index (χ3v) is 7.88. The fourth-order valence-corrected chi connectivity index (χ4v) is 5.27. The number of amides is 2. The average Bonchev–Trinajstić information content (AvgIpc) is 3.73. The van der Waals surface area contributed by atoms with Crippen LogP contribution in [0.15, 0.2) is 77.4 Å². The highest BCUT2D eigenvalue weighted by atomic mass is 35.5. The van der Waals surface area contributed by atoms with Crippen LogP contribution in [-0.4, -0.2) is 43.0 Å². The van der Waals surface area contributed by atoms with Crippen LogP contribution in [0.5, 0.6) is 0 Å². The number of para-hydroxylation sites is 1. The van der Waals surface area contributed by atoms with E-state index >= 15 is 0 Å². The summed E-state index contributed by atoms with van der Waals surface area (Å²) in [5.41, 5.74) is 5.55. The quantitative estimate of drug-likeness (QED) is 0.269. The number of aromatic nitrogens is 1. The van der Waals surface area contributed by atoms with Crippen LogP contribution in [0.1, 0.15) is 56.6 Å². The topological polar surface area (TPSA) is 90.7 Å². The fourth-order valence-electron chi connectivity index (χ4n) is 5.14. The number of nitrogens with one attached hydrogen (secondary N) is 2. The second-order valence-corrected chi connectivity index (χ2v) is 11.0. The van der Waals surface area contributed by atoms with Crippen LogP contribution in [0.3, 0.4) is 0 Å². The summed E-state index contributed by atoms with van der Waals surface area (Å²) in [4.78, 5) is 35.4. The molecule has 2 N–H and O–H groups in total. The largest absolute Gasteiger partial charge is 0.448 e. The van der Waals surface area contributed by atoms with Crippen molar-refractivity contribution in [3.8, 4) is 0 Å². The van der Waals surface area contributed by atoms with Crippen molar-refractivity contribution in [2.75, 3.05) is 41.3 Å². The summed E-state index contributed by atoms with van der Waals surface area (Å²) in [6, 6.07) is 21.2. The first kappa shape index (κ1) is 26.9. The van der Waals surface area contributed by atoms with Gasteiger partial charge in [-0.2, -0.15) is 0 Å². The van der Waals surface area contributed by atoms with E-state index in [0.29, 0.717) is 34.6 Å². The average molecular weight is 570 g/mol. The molecule has 4 aromatic rings.